The molecule has 0 unspecified atom stereocenters. The monoisotopic (exact) mass is 274 g/mol. The lowest BCUT2D eigenvalue weighted by Crippen LogP contribution is -2.24. The molecule has 2 rings (SSSR count). The zero-order valence-electron chi connectivity index (χ0n) is 10.9. The van der Waals surface area contributed by atoms with Crippen molar-refractivity contribution in [3.05, 3.63) is 36.5 Å². The summed E-state index contributed by atoms with van der Waals surface area (Å²) in [5, 5.41) is 6.63. The topological polar surface area (TPSA) is 98.8 Å². The summed E-state index contributed by atoms with van der Waals surface area (Å²) in [7, 11) is 1.42. The minimum Gasteiger partial charge on any atom is -0.483 e. The number of carbonyl (C=O) groups excluding carboxylic acids is 1. The molecule has 0 bridgehead atoms. The molecule has 20 heavy (non-hydrogen) atoms. The number of para-hydroxylation sites is 1. The Kier molecular flexibility index (Phi) is 4.33. The fraction of sp³-hybridized carbons (Fsp3) is 0.154. The third-order valence-electron chi connectivity index (χ3n) is 2.42. The molecule has 7 nitrogen and oxygen atoms in total. The van der Waals surface area contributed by atoms with Gasteiger partial charge in [-0.1, -0.05) is 23.4 Å². The molecular weight excluding hydrogens is 260 g/mol. The number of fused-ring (bicyclic) bond motifs is 1. The van der Waals surface area contributed by atoms with Crippen molar-refractivity contribution in [1.82, 2.24) is 10.3 Å². The fourth-order valence-electron chi connectivity index (χ4n) is 1.52. The Balaban J connectivity index is 2.04. The summed E-state index contributed by atoms with van der Waals surface area (Å²) in [4.78, 5) is 19.5. The van der Waals surface area contributed by atoms with Crippen molar-refractivity contribution < 1.29 is 14.4 Å². The molecule has 1 aromatic carbocycles. The van der Waals surface area contributed by atoms with Gasteiger partial charge in [-0.15, -0.1) is 0 Å². The first-order valence-electron chi connectivity index (χ1n) is 5.88. The van der Waals surface area contributed by atoms with E-state index >= 15 is 0 Å². The summed E-state index contributed by atoms with van der Waals surface area (Å²) < 4.78 is 5.52. The van der Waals surface area contributed by atoms with Crippen molar-refractivity contribution in [3.8, 4) is 5.75 Å². The molecule has 0 spiro atoms. The number of nitrogens with zero attached hydrogens (tertiary/aromatic N) is 2. The lowest BCUT2D eigenvalue weighted by atomic mass is 10.2. The Hall–Kier alpha value is -2.83. The smallest absolute Gasteiger partial charge is 0.433 e. The van der Waals surface area contributed by atoms with Crippen LogP contribution in [0.25, 0.3) is 10.9 Å². The van der Waals surface area contributed by atoms with Crippen LogP contribution in [0.3, 0.4) is 0 Å². The number of nitrogens with two attached hydrogens (primary N) is 1. The first-order valence-corrected chi connectivity index (χ1v) is 5.88. The second kappa shape index (κ2) is 6.37. The van der Waals surface area contributed by atoms with Gasteiger partial charge < -0.3 is 15.8 Å². The molecule has 2 aromatic rings. The van der Waals surface area contributed by atoms with Crippen molar-refractivity contribution in [2.45, 2.75) is 0 Å². The molecule has 0 fully saturated rings. The number of hydrogen-bond acceptors (Lipinski definition) is 5. The number of hydrogen-bond donors (Lipinski definition) is 2. The van der Waals surface area contributed by atoms with E-state index in [2.05, 4.69) is 20.3 Å². The Morgan fingerprint density at radius 3 is 3.00 bits per heavy atom. The van der Waals surface area contributed by atoms with E-state index in [1.807, 2.05) is 24.3 Å². The Morgan fingerprint density at radius 2 is 2.20 bits per heavy atom. The molecule has 0 saturated heterocycles. The SMILES string of the molecule is CNC(=O)ON=C(N)COc1cccc2cccnc12. The van der Waals surface area contributed by atoms with Crippen LogP contribution in [-0.2, 0) is 4.84 Å². The molecule has 0 aliphatic carbocycles. The summed E-state index contributed by atoms with van der Waals surface area (Å²) in [6.45, 7) is -0.00726. The molecule has 0 radical (unpaired) electrons. The number of aromatic nitrogens is 1. The van der Waals surface area contributed by atoms with E-state index in [9.17, 15) is 4.79 Å². The Labute approximate surface area is 115 Å². The summed E-state index contributed by atoms with van der Waals surface area (Å²) >= 11 is 0. The average Bonchev–Trinajstić information content (AvgIpc) is 2.50. The average molecular weight is 274 g/mol. The van der Waals surface area contributed by atoms with Crippen LogP contribution in [0.2, 0.25) is 0 Å². The van der Waals surface area contributed by atoms with Crippen molar-refractivity contribution in [2.75, 3.05) is 13.7 Å². The number of amidine groups is 1. The number of pyridine rings is 1. The van der Waals surface area contributed by atoms with E-state index < -0.39 is 6.09 Å². The van der Waals surface area contributed by atoms with Gasteiger partial charge in [0.1, 0.15) is 17.9 Å². The molecular formula is C13H14N4O3. The maximum Gasteiger partial charge on any atom is 0.433 e. The van der Waals surface area contributed by atoms with Crippen molar-refractivity contribution in [2.24, 2.45) is 10.9 Å². The number of nitrogens with one attached hydrogen (secondary N) is 1. The zero-order valence-corrected chi connectivity index (χ0v) is 10.9. The number of benzene rings is 1. The van der Waals surface area contributed by atoms with E-state index in [-0.39, 0.29) is 12.4 Å². The lowest BCUT2D eigenvalue weighted by molar-refractivity contribution is 0.152. The molecule has 0 aliphatic heterocycles. The molecule has 1 amide bonds. The zero-order chi connectivity index (χ0) is 14.4. The Morgan fingerprint density at radius 1 is 1.40 bits per heavy atom. The van der Waals surface area contributed by atoms with Crippen LogP contribution in [0.5, 0.6) is 5.75 Å². The van der Waals surface area contributed by atoms with E-state index in [1.54, 1.807) is 12.3 Å². The van der Waals surface area contributed by atoms with E-state index in [4.69, 9.17) is 10.5 Å². The fourth-order valence-corrected chi connectivity index (χ4v) is 1.52. The number of carbonyl (C=O) groups is 1. The molecule has 3 N–H and O–H groups in total. The minimum absolute atomic E-state index is 0.00726. The predicted molar refractivity (Wildman–Crippen MR) is 74.4 cm³/mol. The van der Waals surface area contributed by atoms with Gasteiger partial charge in [0.15, 0.2) is 5.84 Å². The third kappa shape index (κ3) is 3.35. The second-order valence-corrected chi connectivity index (χ2v) is 3.83. The maximum atomic E-state index is 10.8. The molecule has 7 heteroatoms. The molecule has 0 aliphatic rings. The normalized spacial score (nSPS) is 11.2. The highest BCUT2D eigenvalue weighted by molar-refractivity contribution is 5.85. The standard InChI is InChI=1S/C13H14N4O3/c1-15-13(18)20-17-11(14)8-19-10-6-2-4-9-5-3-7-16-12(9)10/h2-7H,8H2,1H3,(H2,14,17)(H,15,18). The second-order valence-electron chi connectivity index (χ2n) is 3.83. The van der Waals surface area contributed by atoms with E-state index in [0.29, 0.717) is 5.75 Å². The van der Waals surface area contributed by atoms with Crippen LogP contribution in [0, 0.1) is 0 Å². The van der Waals surface area contributed by atoms with Gasteiger partial charge in [-0.25, -0.2) is 4.79 Å². The largest absolute Gasteiger partial charge is 0.483 e. The van der Waals surface area contributed by atoms with Gasteiger partial charge in [0, 0.05) is 18.6 Å². The van der Waals surface area contributed by atoms with Gasteiger partial charge in [0.05, 0.1) is 0 Å². The highest BCUT2D eigenvalue weighted by atomic mass is 16.7. The highest BCUT2D eigenvalue weighted by Gasteiger charge is 2.04. The summed E-state index contributed by atoms with van der Waals surface area (Å²) in [5.41, 5.74) is 6.30. The number of amides is 1. The summed E-state index contributed by atoms with van der Waals surface area (Å²) in [6.07, 6.45) is 0.987. The van der Waals surface area contributed by atoms with Gasteiger partial charge in [-0.3, -0.25) is 9.82 Å². The van der Waals surface area contributed by atoms with Gasteiger partial charge in [0.25, 0.3) is 0 Å². The van der Waals surface area contributed by atoms with Crippen LogP contribution >= 0.6 is 0 Å². The van der Waals surface area contributed by atoms with E-state index in [0.717, 1.165) is 10.9 Å². The first-order chi connectivity index (χ1) is 9.70. The van der Waals surface area contributed by atoms with Crippen LogP contribution in [0.4, 0.5) is 4.79 Å². The first kappa shape index (κ1) is 13.6. The van der Waals surface area contributed by atoms with Gasteiger partial charge in [-0.05, 0) is 12.1 Å². The summed E-state index contributed by atoms with van der Waals surface area (Å²) in [5.74, 6) is 0.628. The van der Waals surface area contributed by atoms with Crippen LogP contribution in [-0.4, -0.2) is 30.6 Å². The maximum absolute atomic E-state index is 10.8. The number of rotatable bonds is 4. The predicted octanol–water partition coefficient (Wildman–Crippen LogP) is 1.24. The van der Waals surface area contributed by atoms with Crippen molar-refractivity contribution >= 4 is 22.8 Å². The molecule has 1 aromatic heterocycles. The van der Waals surface area contributed by atoms with Gasteiger partial charge >= 0.3 is 6.09 Å². The quantitative estimate of drug-likeness (QED) is 0.378. The summed E-state index contributed by atoms with van der Waals surface area (Å²) in [6, 6.07) is 9.34. The minimum atomic E-state index is -0.695. The van der Waals surface area contributed by atoms with Crippen LogP contribution in [0.1, 0.15) is 0 Å². The lowest BCUT2D eigenvalue weighted by Gasteiger charge is -2.07. The van der Waals surface area contributed by atoms with E-state index in [1.165, 1.54) is 7.05 Å². The molecule has 104 valence electrons. The van der Waals surface area contributed by atoms with Crippen LogP contribution in [0.15, 0.2) is 41.7 Å². The highest BCUT2D eigenvalue weighted by Crippen LogP contribution is 2.22. The number of ether oxygens (including phenoxy) is 1. The number of oxime groups is 1. The molecule has 0 atom stereocenters. The third-order valence-corrected chi connectivity index (χ3v) is 2.42. The molecule has 1 heterocycles. The Bertz CT molecular complexity index is 637. The van der Waals surface area contributed by atoms with Crippen LogP contribution < -0.4 is 15.8 Å². The van der Waals surface area contributed by atoms with Crippen molar-refractivity contribution in [3.63, 3.8) is 0 Å². The van der Waals surface area contributed by atoms with Crippen molar-refractivity contribution in [1.29, 1.82) is 0 Å². The van der Waals surface area contributed by atoms with Gasteiger partial charge in [0.2, 0.25) is 0 Å². The van der Waals surface area contributed by atoms with Gasteiger partial charge in [-0.2, -0.15) is 0 Å². The molecule has 0 saturated carbocycles.